The van der Waals surface area contributed by atoms with E-state index in [0.717, 1.165) is 22.8 Å². The number of nitrogens with two attached hydrogens (primary N) is 1. The van der Waals surface area contributed by atoms with Crippen molar-refractivity contribution in [1.82, 2.24) is 0 Å². The molecule has 2 rings (SSSR count). The summed E-state index contributed by atoms with van der Waals surface area (Å²) in [5.41, 5.74) is 8.59. The third-order valence-electron chi connectivity index (χ3n) is 2.81. The number of nitrogen functional groups attached to an aromatic ring is 1. The molecule has 0 heterocycles. The molecule has 0 radical (unpaired) electrons. The number of nitrogens with zero attached hydrogens (tertiary/aromatic N) is 1. The lowest BCUT2D eigenvalue weighted by Gasteiger charge is -2.22. The predicted molar refractivity (Wildman–Crippen MR) is 76.5 cm³/mol. The molecule has 0 fully saturated rings. The van der Waals surface area contributed by atoms with E-state index in [0.29, 0.717) is 6.61 Å². The molecule has 2 aromatic rings. The monoisotopic (exact) mass is 242 g/mol. The molecule has 2 aromatic carbocycles. The van der Waals surface area contributed by atoms with Crippen molar-refractivity contribution in [1.29, 1.82) is 0 Å². The topological polar surface area (TPSA) is 38.5 Å². The Labute approximate surface area is 108 Å². The average molecular weight is 242 g/mol. The zero-order valence-corrected chi connectivity index (χ0v) is 10.8. The Morgan fingerprint density at radius 3 is 2.39 bits per heavy atom. The number of benzene rings is 2. The first-order chi connectivity index (χ1) is 8.72. The van der Waals surface area contributed by atoms with Gasteiger partial charge in [-0.1, -0.05) is 12.1 Å². The summed E-state index contributed by atoms with van der Waals surface area (Å²) in [6.45, 7) is 2.65. The molecule has 0 bridgehead atoms. The van der Waals surface area contributed by atoms with Crippen molar-refractivity contribution in [2.24, 2.45) is 0 Å². The third-order valence-corrected chi connectivity index (χ3v) is 2.81. The minimum Gasteiger partial charge on any atom is -0.492 e. The number of para-hydroxylation sites is 2. The highest BCUT2D eigenvalue weighted by atomic mass is 16.5. The van der Waals surface area contributed by atoms with Crippen molar-refractivity contribution < 1.29 is 4.74 Å². The molecule has 0 aliphatic rings. The Kier molecular flexibility index (Phi) is 3.72. The van der Waals surface area contributed by atoms with Crippen LogP contribution in [0.2, 0.25) is 0 Å². The zero-order valence-electron chi connectivity index (χ0n) is 10.8. The lowest BCUT2D eigenvalue weighted by Crippen LogP contribution is -2.11. The van der Waals surface area contributed by atoms with Gasteiger partial charge < -0.3 is 15.4 Å². The summed E-state index contributed by atoms with van der Waals surface area (Å²) in [5, 5.41) is 0. The van der Waals surface area contributed by atoms with Crippen LogP contribution in [0.15, 0.2) is 48.5 Å². The fraction of sp³-hybridized carbons (Fsp3) is 0.200. The molecule has 0 unspecified atom stereocenters. The fourth-order valence-electron chi connectivity index (χ4n) is 1.85. The fourth-order valence-corrected chi connectivity index (χ4v) is 1.85. The number of ether oxygens (including phenoxy) is 1. The van der Waals surface area contributed by atoms with Gasteiger partial charge in [0.05, 0.1) is 12.3 Å². The van der Waals surface area contributed by atoms with Crippen LogP contribution in [0.5, 0.6) is 5.75 Å². The van der Waals surface area contributed by atoms with Gasteiger partial charge in [0, 0.05) is 18.4 Å². The number of rotatable bonds is 4. The van der Waals surface area contributed by atoms with E-state index >= 15 is 0 Å². The van der Waals surface area contributed by atoms with E-state index in [2.05, 4.69) is 4.90 Å². The van der Waals surface area contributed by atoms with Crippen molar-refractivity contribution in [3.05, 3.63) is 48.5 Å². The number of hydrogen-bond acceptors (Lipinski definition) is 3. The molecule has 0 aliphatic carbocycles. The van der Waals surface area contributed by atoms with E-state index in [9.17, 15) is 0 Å². The van der Waals surface area contributed by atoms with Gasteiger partial charge in [0.2, 0.25) is 0 Å². The van der Waals surface area contributed by atoms with Gasteiger partial charge in [-0.3, -0.25) is 0 Å². The Bertz CT molecular complexity index is 508. The Morgan fingerprint density at radius 2 is 1.72 bits per heavy atom. The Balaban J connectivity index is 2.33. The maximum atomic E-state index is 5.70. The molecule has 0 aromatic heterocycles. The normalized spacial score (nSPS) is 10.1. The highest BCUT2D eigenvalue weighted by Gasteiger charge is 2.09. The maximum absolute atomic E-state index is 5.70. The number of hydrogen-bond donors (Lipinski definition) is 1. The average Bonchev–Trinajstić information content (AvgIpc) is 2.40. The highest BCUT2D eigenvalue weighted by Crippen LogP contribution is 2.32. The minimum absolute atomic E-state index is 0.659. The van der Waals surface area contributed by atoms with Crippen LogP contribution < -0.4 is 15.4 Å². The maximum Gasteiger partial charge on any atom is 0.142 e. The molecule has 0 spiro atoms. The van der Waals surface area contributed by atoms with Crippen LogP contribution in [-0.2, 0) is 0 Å². The van der Waals surface area contributed by atoms with Crippen molar-refractivity contribution in [2.45, 2.75) is 6.92 Å². The SMILES string of the molecule is CCOc1ccccc1N(C)c1ccc(N)cc1. The van der Waals surface area contributed by atoms with Gasteiger partial charge in [-0.25, -0.2) is 0 Å². The molecule has 0 aliphatic heterocycles. The van der Waals surface area contributed by atoms with E-state index in [1.165, 1.54) is 0 Å². The standard InChI is InChI=1S/C15H18N2O/c1-3-18-15-7-5-4-6-14(15)17(2)13-10-8-12(16)9-11-13/h4-11H,3,16H2,1-2H3. The quantitative estimate of drug-likeness (QED) is 0.835. The van der Waals surface area contributed by atoms with Gasteiger partial charge in [-0.05, 0) is 43.3 Å². The molecule has 3 heteroatoms. The second-order valence-electron chi connectivity index (χ2n) is 4.05. The molecule has 0 saturated heterocycles. The molecule has 94 valence electrons. The second kappa shape index (κ2) is 5.45. The van der Waals surface area contributed by atoms with Crippen molar-refractivity contribution in [3.8, 4) is 5.75 Å². The van der Waals surface area contributed by atoms with Crippen LogP contribution in [0.1, 0.15) is 6.92 Å². The van der Waals surface area contributed by atoms with E-state index in [4.69, 9.17) is 10.5 Å². The first kappa shape index (κ1) is 12.3. The van der Waals surface area contributed by atoms with Crippen LogP contribution in [0.3, 0.4) is 0 Å². The molecule has 0 amide bonds. The first-order valence-electron chi connectivity index (χ1n) is 6.03. The Hall–Kier alpha value is -2.16. The predicted octanol–water partition coefficient (Wildman–Crippen LogP) is 3.44. The van der Waals surface area contributed by atoms with E-state index in [1.807, 2.05) is 62.5 Å². The Morgan fingerprint density at radius 1 is 1.06 bits per heavy atom. The summed E-state index contributed by atoms with van der Waals surface area (Å²) < 4.78 is 5.64. The summed E-state index contributed by atoms with van der Waals surface area (Å²) in [6.07, 6.45) is 0. The van der Waals surface area contributed by atoms with Crippen LogP contribution in [0.25, 0.3) is 0 Å². The minimum atomic E-state index is 0.659. The lowest BCUT2D eigenvalue weighted by molar-refractivity contribution is 0.341. The van der Waals surface area contributed by atoms with Gasteiger partial charge >= 0.3 is 0 Å². The van der Waals surface area contributed by atoms with Gasteiger partial charge in [-0.15, -0.1) is 0 Å². The van der Waals surface area contributed by atoms with Crippen molar-refractivity contribution >= 4 is 17.1 Å². The van der Waals surface area contributed by atoms with Crippen molar-refractivity contribution in [2.75, 3.05) is 24.3 Å². The largest absolute Gasteiger partial charge is 0.492 e. The first-order valence-corrected chi connectivity index (χ1v) is 6.03. The summed E-state index contributed by atoms with van der Waals surface area (Å²) in [6, 6.07) is 15.8. The molecular formula is C15H18N2O. The smallest absolute Gasteiger partial charge is 0.142 e. The summed E-state index contributed by atoms with van der Waals surface area (Å²) >= 11 is 0. The highest BCUT2D eigenvalue weighted by molar-refractivity contribution is 5.69. The zero-order chi connectivity index (χ0) is 13.0. The van der Waals surface area contributed by atoms with E-state index in [-0.39, 0.29) is 0 Å². The van der Waals surface area contributed by atoms with E-state index in [1.54, 1.807) is 0 Å². The van der Waals surface area contributed by atoms with Gasteiger partial charge in [0.15, 0.2) is 0 Å². The molecule has 0 saturated carbocycles. The lowest BCUT2D eigenvalue weighted by atomic mass is 10.2. The number of anilines is 3. The van der Waals surface area contributed by atoms with Crippen LogP contribution in [0, 0.1) is 0 Å². The van der Waals surface area contributed by atoms with Gasteiger partial charge in [0.1, 0.15) is 5.75 Å². The molecule has 3 nitrogen and oxygen atoms in total. The molecule has 0 atom stereocenters. The van der Waals surface area contributed by atoms with Gasteiger partial charge in [0.25, 0.3) is 0 Å². The molecule has 2 N–H and O–H groups in total. The third kappa shape index (κ3) is 2.56. The van der Waals surface area contributed by atoms with Crippen molar-refractivity contribution in [3.63, 3.8) is 0 Å². The molecule has 18 heavy (non-hydrogen) atoms. The van der Waals surface area contributed by atoms with Crippen LogP contribution in [0.4, 0.5) is 17.1 Å². The molecular weight excluding hydrogens is 224 g/mol. The van der Waals surface area contributed by atoms with E-state index < -0.39 is 0 Å². The van der Waals surface area contributed by atoms with Crippen LogP contribution in [-0.4, -0.2) is 13.7 Å². The summed E-state index contributed by atoms with van der Waals surface area (Å²) in [7, 11) is 2.02. The summed E-state index contributed by atoms with van der Waals surface area (Å²) in [5.74, 6) is 0.888. The summed E-state index contributed by atoms with van der Waals surface area (Å²) in [4.78, 5) is 2.09. The second-order valence-corrected chi connectivity index (χ2v) is 4.05. The van der Waals surface area contributed by atoms with Gasteiger partial charge in [-0.2, -0.15) is 0 Å². The van der Waals surface area contributed by atoms with Crippen LogP contribution >= 0.6 is 0 Å².